The second-order valence-corrected chi connectivity index (χ2v) is 7.23. The van der Waals surface area contributed by atoms with Gasteiger partial charge in [-0.3, -0.25) is 0 Å². The molecular weight excluding hydrogens is 392 g/mol. The molecule has 0 saturated heterocycles. The van der Waals surface area contributed by atoms with E-state index < -0.39 is 0 Å². The largest absolute Gasteiger partial charge is 0.0984 e. The van der Waals surface area contributed by atoms with Gasteiger partial charge in [-0.05, 0) is 39.4 Å². The summed E-state index contributed by atoms with van der Waals surface area (Å²) in [5, 5.41) is 0. The summed E-state index contributed by atoms with van der Waals surface area (Å²) in [6, 6.07) is 33.8. The van der Waals surface area contributed by atoms with E-state index >= 15 is 0 Å². The van der Waals surface area contributed by atoms with E-state index in [0.717, 1.165) is 10.0 Å². The summed E-state index contributed by atoms with van der Waals surface area (Å²) in [7, 11) is 0. The van der Waals surface area contributed by atoms with Crippen molar-refractivity contribution < 1.29 is 0 Å². The van der Waals surface area contributed by atoms with Crippen LogP contribution in [0.4, 0.5) is 0 Å². The maximum Gasteiger partial charge on any atom is 0.0266 e. The van der Waals surface area contributed by atoms with Crippen LogP contribution in [0.15, 0.2) is 108 Å². The number of rotatable bonds is 4. The third kappa shape index (κ3) is 3.39. The zero-order valence-corrected chi connectivity index (χ0v) is 16.5. The Kier molecular flexibility index (Phi) is 5.04. The number of benzene rings is 4. The molecular formula is C26H19Br. The van der Waals surface area contributed by atoms with Gasteiger partial charge in [-0.15, -0.1) is 0 Å². The lowest BCUT2D eigenvalue weighted by atomic mass is 9.84. The summed E-state index contributed by atoms with van der Waals surface area (Å²) in [5.41, 5.74) is 8.32. The number of halogens is 1. The lowest BCUT2D eigenvalue weighted by Gasteiger charge is -2.20. The van der Waals surface area contributed by atoms with E-state index in [1.54, 1.807) is 0 Å². The Morgan fingerprint density at radius 2 is 0.963 bits per heavy atom. The fraction of sp³-hybridized carbons (Fsp3) is 0. The van der Waals surface area contributed by atoms with Gasteiger partial charge in [0.15, 0.2) is 0 Å². The summed E-state index contributed by atoms with van der Waals surface area (Å²) in [6.07, 6.45) is 1.94. The van der Waals surface area contributed by atoms with Gasteiger partial charge in [0.1, 0.15) is 0 Å². The minimum atomic E-state index is 1.07. The van der Waals surface area contributed by atoms with Crippen LogP contribution in [0.5, 0.6) is 0 Å². The van der Waals surface area contributed by atoms with Crippen molar-refractivity contribution in [2.45, 2.75) is 0 Å². The Hall–Kier alpha value is -2.90. The van der Waals surface area contributed by atoms with Crippen molar-refractivity contribution in [3.8, 4) is 33.4 Å². The molecule has 4 aromatic rings. The summed E-state index contributed by atoms with van der Waals surface area (Å²) >= 11 is 3.83. The molecule has 0 N–H and O–H groups in total. The van der Waals surface area contributed by atoms with Gasteiger partial charge in [-0.1, -0.05) is 120 Å². The van der Waals surface area contributed by atoms with Gasteiger partial charge in [0.05, 0.1) is 0 Å². The Bertz CT molecular complexity index is 1070. The van der Waals surface area contributed by atoms with Crippen molar-refractivity contribution in [1.82, 2.24) is 0 Å². The van der Waals surface area contributed by atoms with E-state index in [2.05, 4.69) is 120 Å². The average Bonchev–Trinajstić information content (AvgIpc) is 2.74. The summed E-state index contributed by atoms with van der Waals surface area (Å²) in [6.45, 7) is 4.07. The first kappa shape index (κ1) is 17.5. The quantitative estimate of drug-likeness (QED) is 0.318. The van der Waals surface area contributed by atoms with Crippen LogP contribution in [0, 0.1) is 0 Å². The minimum absolute atomic E-state index is 1.07. The molecule has 0 aliphatic carbocycles. The zero-order chi connectivity index (χ0) is 18.6. The molecule has 0 aromatic heterocycles. The predicted molar refractivity (Wildman–Crippen MR) is 121 cm³/mol. The van der Waals surface area contributed by atoms with E-state index in [0.29, 0.717) is 0 Å². The number of hydrogen-bond acceptors (Lipinski definition) is 0. The van der Waals surface area contributed by atoms with Crippen LogP contribution in [-0.2, 0) is 0 Å². The zero-order valence-electron chi connectivity index (χ0n) is 14.9. The molecule has 0 aliphatic heterocycles. The van der Waals surface area contributed by atoms with Gasteiger partial charge >= 0.3 is 0 Å². The highest BCUT2D eigenvalue weighted by molar-refractivity contribution is 9.10. The normalized spacial score (nSPS) is 10.6. The molecule has 0 unspecified atom stereocenters. The first-order valence-corrected chi connectivity index (χ1v) is 9.74. The van der Waals surface area contributed by atoms with E-state index in [4.69, 9.17) is 0 Å². The summed E-state index contributed by atoms with van der Waals surface area (Å²) in [5.74, 6) is 0. The molecule has 4 rings (SSSR count). The lowest BCUT2D eigenvalue weighted by Crippen LogP contribution is -1.95. The van der Waals surface area contributed by atoms with E-state index in [1.165, 1.54) is 33.4 Å². The molecule has 0 heterocycles. The maximum absolute atomic E-state index is 4.07. The first-order chi connectivity index (χ1) is 13.3. The molecule has 0 aliphatic rings. The van der Waals surface area contributed by atoms with Gasteiger partial charge < -0.3 is 0 Å². The second-order valence-electron chi connectivity index (χ2n) is 6.37. The third-order valence-corrected chi connectivity index (χ3v) is 5.34. The maximum atomic E-state index is 4.07. The predicted octanol–water partition coefficient (Wildman–Crippen LogP) is 8.09. The van der Waals surface area contributed by atoms with Crippen LogP contribution in [0.1, 0.15) is 5.56 Å². The third-order valence-electron chi connectivity index (χ3n) is 4.72. The van der Waals surface area contributed by atoms with Crippen molar-refractivity contribution in [3.63, 3.8) is 0 Å². The molecule has 4 aromatic carbocycles. The molecule has 0 spiro atoms. The van der Waals surface area contributed by atoms with Gasteiger partial charge in [0.2, 0.25) is 0 Å². The summed E-state index contributed by atoms with van der Waals surface area (Å²) < 4.78 is 1.07. The average molecular weight is 411 g/mol. The Morgan fingerprint density at radius 1 is 0.556 bits per heavy atom. The molecule has 27 heavy (non-hydrogen) atoms. The topological polar surface area (TPSA) is 0 Å². The smallest absolute Gasteiger partial charge is 0.0266 e. The van der Waals surface area contributed by atoms with E-state index in [1.807, 2.05) is 6.08 Å². The molecule has 130 valence electrons. The lowest BCUT2D eigenvalue weighted by molar-refractivity contribution is 1.52. The SMILES string of the molecule is C=Cc1cc(Br)c(-c2ccccc2)c(-c2ccccc2)c1-c1ccccc1. The Balaban J connectivity index is 2.16. The van der Waals surface area contributed by atoms with Crippen molar-refractivity contribution in [3.05, 3.63) is 114 Å². The molecule has 0 radical (unpaired) electrons. The van der Waals surface area contributed by atoms with Crippen LogP contribution in [0.25, 0.3) is 39.5 Å². The molecule has 0 saturated carbocycles. The molecule has 0 bridgehead atoms. The van der Waals surface area contributed by atoms with Gasteiger partial charge in [0.25, 0.3) is 0 Å². The highest BCUT2D eigenvalue weighted by Crippen LogP contribution is 2.46. The van der Waals surface area contributed by atoms with Gasteiger partial charge in [-0.2, -0.15) is 0 Å². The monoisotopic (exact) mass is 410 g/mol. The van der Waals surface area contributed by atoms with Crippen LogP contribution in [0.3, 0.4) is 0 Å². The minimum Gasteiger partial charge on any atom is -0.0984 e. The Labute approximate surface area is 169 Å². The van der Waals surface area contributed by atoms with Gasteiger partial charge in [0, 0.05) is 10.0 Å². The van der Waals surface area contributed by atoms with Crippen molar-refractivity contribution in [2.24, 2.45) is 0 Å². The van der Waals surface area contributed by atoms with Crippen LogP contribution < -0.4 is 0 Å². The molecule has 0 nitrogen and oxygen atoms in total. The Morgan fingerprint density at radius 3 is 1.41 bits per heavy atom. The van der Waals surface area contributed by atoms with Crippen molar-refractivity contribution in [1.29, 1.82) is 0 Å². The second kappa shape index (κ2) is 7.77. The molecule has 1 heteroatoms. The number of hydrogen-bond donors (Lipinski definition) is 0. The van der Waals surface area contributed by atoms with E-state index in [-0.39, 0.29) is 0 Å². The van der Waals surface area contributed by atoms with Crippen molar-refractivity contribution in [2.75, 3.05) is 0 Å². The highest BCUT2D eigenvalue weighted by Gasteiger charge is 2.19. The molecule has 0 atom stereocenters. The molecule has 0 fully saturated rings. The van der Waals surface area contributed by atoms with Crippen LogP contribution in [0.2, 0.25) is 0 Å². The van der Waals surface area contributed by atoms with Crippen LogP contribution in [-0.4, -0.2) is 0 Å². The highest BCUT2D eigenvalue weighted by atomic mass is 79.9. The fourth-order valence-electron chi connectivity index (χ4n) is 3.53. The van der Waals surface area contributed by atoms with Crippen molar-refractivity contribution >= 4 is 22.0 Å². The van der Waals surface area contributed by atoms with Gasteiger partial charge in [-0.25, -0.2) is 0 Å². The van der Waals surface area contributed by atoms with E-state index in [9.17, 15) is 0 Å². The molecule has 0 amide bonds. The van der Waals surface area contributed by atoms with Crippen LogP contribution >= 0.6 is 15.9 Å². The summed E-state index contributed by atoms with van der Waals surface area (Å²) in [4.78, 5) is 0. The fourth-order valence-corrected chi connectivity index (χ4v) is 4.20. The first-order valence-electron chi connectivity index (χ1n) is 8.95. The standard InChI is InChI=1S/C26H19Br/c1-2-19-18-23(27)25(21-14-8-4-9-15-21)26(22-16-10-5-11-17-22)24(19)20-12-6-3-7-13-20/h2-18H,1H2.